The van der Waals surface area contributed by atoms with Crippen molar-refractivity contribution < 1.29 is 29.0 Å². The molecule has 8 nitrogen and oxygen atoms in total. The van der Waals surface area contributed by atoms with Crippen molar-refractivity contribution in [2.45, 2.75) is 94.9 Å². The fourth-order valence-electron chi connectivity index (χ4n) is 7.49. The number of carbonyl (C=O) groups excluding carboxylic acids is 3. The second-order valence-electron chi connectivity index (χ2n) is 12.0. The van der Waals surface area contributed by atoms with Crippen molar-refractivity contribution in [3.8, 4) is 0 Å². The summed E-state index contributed by atoms with van der Waals surface area (Å²) in [4.78, 5) is 46.2. The highest BCUT2D eigenvalue weighted by Crippen LogP contribution is 2.65. The highest BCUT2D eigenvalue weighted by atomic mass is 16.6. The van der Waals surface area contributed by atoms with Crippen LogP contribution in [0.5, 0.6) is 0 Å². The number of ether oxygens (including phenoxy) is 2. The topological polar surface area (TPSA) is 96.4 Å². The Hall–Kier alpha value is -2.97. The van der Waals surface area contributed by atoms with Crippen LogP contribution in [0.1, 0.15) is 70.8 Å². The van der Waals surface area contributed by atoms with Gasteiger partial charge < -0.3 is 24.4 Å². The summed E-state index contributed by atoms with van der Waals surface area (Å²) in [6, 6.07) is 8.04. The Bertz CT molecular complexity index is 1120. The summed E-state index contributed by atoms with van der Waals surface area (Å²) in [7, 11) is 0. The molecule has 230 valence electrons. The smallest absolute Gasteiger partial charge is 0.312 e. The van der Waals surface area contributed by atoms with Crippen LogP contribution < -0.4 is 0 Å². The Kier molecular flexibility index (Phi) is 10.7. The number of nitrogens with zero attached hydrogens (tertiary/aromatic N) is 2. The van der Waals surface area contributed by atoms with Crippen molar-refractivity contribution in [2.24, 2.45) is 11.8 Å². The van der Waals surface area contributed by atoms with Gasteiger partial charge in [-0.2, -0.15) is 0 Å². The van der Waals surface area contributed by atoms with E-state index in [1.807, 2.05) is 37.3 Å². The van der Waals surface area contributed by atoms with Crippen LogP contribution in [0.15, 0.2) is 55.6 Å². The molecule has 1 N–H and O–H groups in total. The number of hydrogen-bond acceptors (Lipinski definition) is 6. The van der Waals surface area contributed by atoms with Gasteiger partial charge in [0.2, 0.25) is 11.8 Å². The number of allylic oxidation sites excluding steroid dienone is 1. The van der Waals surface area contributed by atoms with Crippen LogP contribution in [-0.4, -0.2) is 82.3 Å². The standard InChI is InChI=1S/C34H48N2O6/c1-5-9-14-21-35(20-7-3)31(39)29-34-19-18-33(8-4,42-34)28(32(40)41-22-15-10-6-2)27(34)30(38)36(29)26(24-37)23-25-16-12-11-13-17-25/h6-7,11-13,16-17,26-29,37H,2-3,5,8-10,14-15,18-24H2,1,4H3/t26-,27+,28-,29?,33+,34?/m1/s1. The summed E-state index contributed by atoms with van der Waals surface area (Å²) in [5.41, 5.74) is -1.08. The Labute approximate surface area is 250 Å². The first-order chi connectivity index (χ1) is 20.3. The number of esters is 1. The summed E-state index contributed by atoms with van der Waals surface area (Å²) in [5.74, 6) is -2.61. The molecule has 1 aromatic rings. The maximum Gasteiger partial charge on any atom is 0.312 e. The van der Waals surface area contributed by atoms with Crippen molar-refractivity contribution >= 4 is 17.8 Å². The number of amides is 2. The third-order valence-corrected chi connectivity index (χ3v) is 9.51. The molecular weight excluding hydrogens is 532 g/mol. The van der Waals surface area contributed by atoms with E-state index in [1.54, 1.807) is 22.0 Å². The van der Waals surface area contributed by atoms with Crippen LogP contribution in [0.4, 0.5) is 0 Å². The Balaban J connectivity index is 1.76. The number of benzene rings is 1. The first-order valence-corrected chi connectivity index (χ1v) is 15.7. The number of fused-ring (bicyclic) bond motifs is 1. The monoisotopic (exact) mass is 580 g/mol. The predicted molar refractivity (Wildman–Crippen MR) is 161 cm³/mol. The minimum atomic E-state index is -1.16. The molecule has 3 fully saturated rings. The molecule has 0 aromatic heterocycles. The number of unbranched alkanes of at least 4 members (excludes halogenated alkanes) is 3. The number of likely N-dealkylation sites (tertiary alicyclic amines) is 1. The minimum Gasteiger partial charge on any atom is -0.465 e. The highest BCUT2D eigenvalue weighted by Gasteiger charge is 2.79. The van der Waals surface area contributed by atoms with Crippen molar-refractivity contribution in [3.05, 3.63) is 61.2 Å². The lowest BCUT2D eigenvalue weighted by Gasteiger charge is -2.39. The third-order valence-electron chi connectivity index (χ3n) is 9.51. The van der Waals surface area contributed by atoms with Gasteiger partial charge in [-0.15, -0.1) is 13.2 Å². The third kappa shape index (κ3) is 5.80. The molecule has 0 saturated carbocycles. The second kappa shape index (κ2) is 14.0. The SMILES string of the molecule is C=CCCCOC(=O)[C@H]1[C@H]2C(=O)N([C@@H](CO)Cc3ccccc3)C(C(=O)N(CC=C)CCCCC)C23CC[C@]1(CC)O3. The fraction of sp³-hybridized carbons (Fsp3) is 0.618. The van der Waals surface area contributed by atoms with Gasteiger partial charge in [-0.3, -0.25) is 14.4 Å². The Morgan fingerprint density at radius 3 is 2.57 bits per heavy atom. The largest absolute Gasteiger partial charge is 0.465 e. The number of carbonyl (C=O) groups is 3. The minimum absolute atomic E-state index is 0.208. The second-order valence-corrected chi connectivity index (χ2v) is 12.0. The lowest BCUT2D eigenvalue weighted by Crippen LogP contribution is -2.59. The molecule has 1 spiro atoms. The molecule has 6 atom stereocenters. The lowest BCUT2D eigenvalue weighted by atomic mass is 9.65. The Morgan fingerprint density at radius 2 is 1.93 bits per heavy atom. The first kappa shape index (κ1) is 32.0. The molecule has 3 heterocycles. The average Bonchev–Trinajstić information content (AvgIpc) is 3.61. The normalized spacial score (nSPS) is 28.4. The quantitative estimate of drug-likeness (QED) is 0.166. The highest BCUT2D eigenvalue weighted by molar-refractivity contribution is 5.98. The van der Waals surface area contributed by atoms with Crippen molar-refractivity contribution in [1.82, 2.24) is 9.80 Å². The van der Waals surface area contributed by atoms with Gasteiger partial charge in [0, 0.05) is 13.1 Å². The maximum atomic E-state index is 14.6. The van der Waals surface area contributed by atoms with Gasteiger partial charge in [-0.25, -0.2) is 0 Å². The van der Waals surface area contributed by atoms with E-state index in [0.29, 0.717) is 45.2 Å². The molecule has 1 aromatic carbocycles. The van der Waals surface area contributed by atoms with Gasteiger partial charge in [0.15, 0.2) is 0 Å². The van der Waals surface area contributed by atoms with Gasteiger partial charge in [0.25, 0.3) is 0 Å². The van der Waals surface area contributed by atoms with Gasteiger partial charge in [0.05, 0.1) is 30.8 Å². The molecule has 0 radical (unpaired) electrons. The lowest BCUT2D eigenvalue weighted by molar-refractivity contribution is -0.163. The molecule has 3 saturated heterocycles. The van der Waals surface area contributed by atoms with Gasteiger partial charge in [-0.1, -0.05) is 69.2 Å². The predicted octanol–water partition coefficient (Wildman–Crippen LogP) is 4.46. The van der Waals surface area contributed by atoms with Crippen LogP contribution in [0.3, 0.4) is 0 Å². The van der Waals surface area contributed by atoms with E-state index >= 15 is 0 Å². The molecular formula is C34H48N2O6. The van der Waals surface area contributed by atoms with Crippen LogP contribution in [0.2, 0.25) is 0 Å². The summed E-state index contributed by atoms with van der Waals surface area (Å²) in [6.45, 7) is 12.5. The van der Waals surface area contributed by atoms with E-state index in [-0.39, 0.29) is 25.0 Å². The van der Waals surface area contributed by atoms with Crippen molar-refractivity contribution in [1.29, 1.82) is 0 Å². The van der Waals surface area contributed by atoms with Gasteiger partial charge in [0.1, 0.15) is 17.6 Å². The number of hydrogen-bond donors (Lipinski definition) is 1. The van der Waals surface area contributed by atoms with E-state index in [9.17, 15) is 19.5 Å². The van der Waals surface area contributed by atoms with Gasteiger partial charge in [-0.05, 0) is 50.5 Å². The molecule has 2 amide bonds. The van der Waals surface area contributed by atoms with Crippen LogP contribution >= 0.6 is 0 Å². The average molecular weight is 581 g/mol. The van der Waals surface area contributed by atoms with Crippen LogP contribution in [0.25, 0.3) is 0 Å². The molecule has 3 aliphatic rings. The van der Waals surface area contributed by atoms with Crippen molar-refractivity contribution in [2.75, 3.05) is 26.3 Å². The number of aliphatic hydroxyl groups is 1. The van der Waals surface area contributed by atoms with Crippen molar-refractivity contribution in [3.63, 3.8) is 0 Å². The first-order valence-electron chi connectivity index (χ1n) is 15.7. The molecule has 2 bridgehead atoms. The number of aliphatic hydroxyl groups excluding tert-OH is 1. The Morgan fingerprint density at radius 1 is 1.17 bits per heavy atom. The summed E-state index contributed by atoms with van der Waals surface area (Å²) >= 11 is 0. The maximum absolute atomic E-state index is 14.6. The molecule has 8 heteroatoms. The van der Waals surface area contributed by atoms with Crippen LogP contribution in [-0.2, 0) is 30.3 Å². The molecule has 2 unspecified atom stereocenters. The van der Waals surface area contributed by atoms with E-state index in [0.717, 1.165) is 31.2 Å². The number of rotatable bonds is 17. The van der Waals surface area contributed by atoms with E-state index in [4.69, 9.17) is 9.47 Å². The summed E-state index contributed by atoms with van der Waals surface area (Å²) in [5, 5.41) is 10.7. The zero-order chi connectivity index (χ0) is 30.3. The van der Waals surface area contributed by atoms with E-state index in [1.165, 1.54) is 0 Å². The molecule has 3 aliphatic heterocycles. The fourth-order valence-corrected chi connectivity index (χ4v) is 7.49. The van der Waals surface area contributed by atoms with E-state index in [2.05, 4.69) is 20.1 Å². The van der Waals surface area contributed by atoms with Gasteiger partial charge >= 0.3 is 5.97 Å². The zero-order valence-electron chi connectivity index (χ0n) is 25.3. The zero-order valence-corrected chi connectivity index (χ0v) is 25.3. The summed E-state index contributed by atoms with van der Waals surface area (Å²) < 4.78 is 12.6. The molecule has 4 rings (SSSR count). The van der Waals surface area contributed by atoms with E-state index < -0.39 is 41.1 Å². The summed E-state index contributed by atoms with van der Waals surface area (Å²) in [6.07, 6.45) is 9.65. The molecule has 0 aliphatic carbocycles. The van der Waals surface area contributed by atoms with Crippen LogP contribution in [0, 0.1) is 11.8 Å². The molecule has 42 heavy (non-hydrogen) atoms.